The number of rotatable bonds is 7. The number of alkyl halides is 1. The summed E-state index contributed by atoms with van der Waals surface area (Å²) < 4.78 is 22.8. The molecule has 0 aromatic rings. The standard InChI is InChI=1S/C26H40ClN3O5/c1-16(21-11-14-33-21)30-20(7-8-24(31)32-3)26(27)28-23(30)15-29-12-9-18(10-13-29)19-5-4-6-22-25(19)35-17(2)34-22/h7-8,16-22,25-26H,4-6,9-15H2,1-3H3/b8-7+/t16-,17-,19?,20?,21+,22?,25?,26?/m1/s1. The predicted molar refractivity (Wildman–Crippen MR) is 133 cm³/mol. The number of carbonyl (C=O) groups excluding carboxylic acids is 1. The van der Waals surface area contributed by atoms with E-state index in [1.165, 1.54) is 38.9 Å². The van der Waals surface area contributed by atoms with E-state index in [2.05, 4.69) is 16.7 Å². The van der Waals surface area contributed by atoms with Gasteiger partial charge in [0.05, 0.1) is 44.1 Å². The summed E-state index contributed by atoms with van der Waals surface area (Å²) in [5.74, 6) is 1.91. The first-order valence-electron chi connectivity index (χ1n) is 13.3. The molecule has 0 radical (unpaired) electrons. The quantitative estimate of drug-likeness (QED) is 0.226. The van der Waals surface area contributed by atoms with E-state index in [9.17, 15) is 4.79 Å². The highest BCUT2D eigenvalue weighted by Gasteiger charge is 2.46. The van der Waals surface area contributed by atoms with Crippen LogP contribution in [0.4, 0.5) is 0 Å². The number of likely N-dealkylation sites (tertiary alicyclic amines) is 1. The van der Waals surface area contributed by atoms with Crippen LogP contribution in [-0.4, -0.2) is 97.1 Å². The van der Waals surface area contributed by atoms with E-state index in [-0.39, 0.29) is 42.7 Å². The molecule has 8 atom stereocenters. The van der Waals surface area contributed by atoms with Crippen molar-refractivity contribution in [3.63, 3.8) is 0 Å². The van der Waals surface area contributed by atoms with E-state index in [0.29, 0.717) is 11.8 Å². The van der Waals surface area contributed by atoms with E-state index >= 15 is 0 Å². The Labute approximate surface area is 213 Å². The van der Waals surface area contributed by atoms with Crippen molar-refractivity contribution in [3.8, 4) is 0 Å². The zero-order valence-corrected chi connectivity index (χ0v) is 21.9. The van der Waals surface area contributed by atoms with E-state index in [4.69, 9.17) is 35.5 Å². The molecule has 0 amide bonds. The Morgan fingerprint density at radius 2 is 2.00 bits per heavy atom. The monoisotopic (exact) mass is 509 g/mol. The van der Waals surface area contributed by atoms with Crippen LogP contribution in [0.15, 0.2) is 17.1 Å². The first kappa shape index (κ1) is 25.5. The first-order valence-corrected chi connectivity index (χ1v) is 13.8. The molecule has 35 heavy (non-hydrogen) atoms. The molecular formula is C26H40ClN3O5. The molecule has 1 saturated carbocycles. The smallest absolute Gasteiger partial charge is 0.330 e. The van der Waals surface area contributed by atoms with Crippen molar-refractivity contribution in [2.75, 3.05) is 33.4 Å². The highest BCUT2D eigenvalue weighted by molar-refractivity contribution is 6.22. The average molecular weight is 510 g/mol. The maximum Gasteiger partial charge on any atom is 0.330 e. The topological polar surface area (TPSA) is 72.8 Å². The van der Waals surface area contributed by atoms with Crippen LogP contribution in [0, 0.1) is 11.8 Å². The maximum absolute atomic E-state index is 11.7. The average Bonchev–Trinajstić information content (AvgIpc) is 3.34. The Kier molecular flexibility index (Phi) is 8.04. The van der Waals surface area contributed by atoms with Crippen LogP contribution in [0.3, 0.4) is 0 Å². The van der Waals surface area contributed by atoms with Crippen LogP contribution in [0.5, 0.6) is 0 Å². The summed E-state index contributed by atoms with van der Waals surface area (Å²) in [6.07, 6.45) is 11.0. The van der Waals surface area contributed by atoms with Gasteiger partial charge in [0.15, 0.2) is 6.29 Å². The fraction of sp³-hybridized carbons (Fsp3) is 0.846. The largest absolute Gasteiger partial charge is 0.466 e. The highest BCUT2D eigenvalue weighted by Crippen LogP contribution is 2.42. The van der Waals surface area contributed by atoms with Crippen molar-refractivity contribution in [3.05, 3.63) is 12.2 Å². The van der Waals surface area contributed by atoms with Gasteiger partial charge in [-0.3, -0.25) is 4.90 Å². The van der Waals surface area contributed by atoms with Crippen LogP contribution in [0.2, 0.25) is 0 Å². The molecule has 0 spiro atoms. The van der Waals surface area contributed by atoms with Gasteiger partial charge in [-0.1, -0.05) is 24.1 Å². The maximum atomic E-state index is 11.7. The Balaban J connectivity index is 1.21. The van der Waals surface area contributed by atoms with Crippen molar-refractivity contribution in [2.24, 2.45) is 16.8 Å². The molecule has 196 valence electrons. The van der Waals surface area contributed by atoms with Gasteiger partial charge in [-0.25, -0.2) is 9.79 Å². The molecule has 9 heteroatoms. The first-order chi connectivity index (χ1) is 16.9. The lowest BCUT2D eigenvalue weighted by molar-refractivity contribution is -0.134. The number of esters is 1. The lowest BCUT2D eigenvalue weighted by Gasteiger charge is -2.43. The lowest BCUT2D eigenvalue weighted by atomic mass is 9.73. The minimum atomic E-state index is -0.438. The van der Waals surface area contributed by atoms with E-state index in [1.807, 2.05) is 13.0 Å². The number of hydrogen-bond donors (Lipinski definition) is 0. The van der Waals surface area contributed by atoms with Crippen LogP contribution >= 0.6 is 11.6 Å². The third-order valence-corrected chi connectivity index (χ3v) is 9.00. The third kappa shape index (κ3) is 5.42. The minimum absolute atomic E-state index is 0.0663. The zero-order chi connectivity index (χ0) is 24.5. The SMILES string of the molecule is COC(=O)/C=C/C1C(Cl)N=C(CN2CCC(C3CCCC4O[C@@H](C)OC43)CC2)N1[C@H](C)[C@@H]1CCO1. The number of hydrogen-bond acceptors (Lipinski definition) is 8. The minimum Gasteiger partial charge on any atom is -0.466 e. The molecule has 5 unspecified atom stereocenters. The number of nitrogens with zero attached hydrogens (tertiary/aromatic N) is 3. The molecule has 4 heterocycles. The van der Waals surface area contributed by atoms with Crippen molar-refractivity contribution in [2.45, 2.75) is 94.6 Å². The number of fused-ring (bicyclic) bond motifs is 1. The van der Waals surface area contributed by atoms with E-state index < -0.39 is 5.50 Å². The van der Waals surface area contributed by atoms with Crippen LogP contribution in [0.25, 0.3) is 0 Å². The molecule has 8 nitrogen and oxygen atoms in total. The molecule has 0 N–H and O–H groups in total. The molecule has 4 fully saturated rings. The zero-order valence-electron chi connectivity index (χ0n) is 21.2. The van der Waals surface area contributed by atoms with Crippen LogP contribution in [-0.2, 0) is 23.7 Å². The van der Waals surface area contributed by atoms with Crippen molar-refractivity contribution >= 4 is 23.4 Å². The number of methoxy groups -OCH3 is 1. The number of amidine groups is 1. The normalized spacial score (nSPS) is 39.4. The molecule has 0 bridgehead atoms. The van der Waals surface area contributed by atoms with Crippen LogP contribution < -0.4 is 0 Å². The van der Waals surface area contributed by atoms with Crippen molar-refractivity contribution in [1.29, 1.82) is 0 Å². The Morgan fingerprint density at radius 3 is 2.69 bits per heavy atom. The number of halogens is 1. The predicted octanol–water partition coefficient (Wildman–Crippen LogP) is 3.18. The van der Waals surface area contributed by atoms with Gasteiger partial charge in [0.1, 0.15) is 11.3 Å². The van der Waals surface area contributed by atoms with Gasteiger partial charge in [0.2, 0.25) is 0 Å². The molecule has 0 aromatic heterocycles. The molecule has 4 aliphatic heterocycles. The summed E-state index contributed by atoms with van der Waals surface area (Å²) in [5, 5.41) is 0. The molecular weight excluding hydrogens is 470 g/mol. The van der Waals surface area contributed by atoms with E-state index in [0.717, 1.165) is 44.9 Å². The number of ether oxygens (including phenoxy) is 4. The van der Waals surface area contributed by atoms with Crippen molar-refractivity contribution < 1.29 is 23.7 Å². The Bertz CT molecular complexity index is 813. The lowest BCUT2D eigenvalue weighted by Crippen LogP contribution is -2.55. The third-order valence-electron chi connectivity index (χ3n) is 8.65. The van der Waals surface area contributed by atoms with Crippen molar-refractivity contribution in [1.82, 2.24) is 9.80 Å². The second-order valence-corrected chi connectivity index (χ2v) is 11.1. The number of piperidine rings is 1. The summed E-state index contributed by atoms with van der Waals surface area (Å²) in [7, 11) is 1.38. The summed E-state index contributed by atoms with van der Waals surface area (Å²) in [6, 6.07) is -0.0556. The van der Waals surface area contributed by atoms with Gasteiger partial charge in [-0.05, 0) is 70.9 Å². The second-order valence-electron chi connectivity index (χ2n) is 10.7. The molecule has 5 aliphatic rings. The molecule has 5 rings (SSSR count). The Hall–Kier alpha value is -1.19. The van der Waals surface area contributed by atoms with Gasteiger partial charge in [0, 0.05) is 12.7 Å². The fourth-order valence-corrected chi connectivity index (χ4v) is 7.02. The highest BCUT2D eigenvalue weighted by atomic mass is 35.5. The van der Waals surface area contributed by atoms with Gasteiger partial charge in [-0.2, -0.15) is 0 Å². The summed E-state index contributed by atoms with van der Waals surface area (Å²) in [5.41, 5.74) is -0.438. The second kappa shape index (κ2) is 11.1. The summed E-state index contributed by atoms with van der Waals surface area (Å²) >= 11 is 6.69. The van der Waals surface area contributed by atoms with E-state index in [1.54, 1.807) is 0 Å². The molecule has 0 aromatic carbocycles. The number of aliphatic imine (C=N–C) groups is 1. The van der Waals surface area contributed by atoms with Gasteiger partial charge in [0.25, 0.3) is 0 Å². The molecule has 3 saturated heterocycles. The summed E-state index contributed by atoms with van der Waals surface area (Å²) in [6.45, 7) is 7.86. The van der Waals surface area contributed by atoms with Gasteiger partial charge >= 0.3 is 5.97 Å². The summed E-state index contributed by atoms with van der Waals surface area (Å²) in [4.78, 5) is 21.4. The van der Waals surface area contributed by atoms with Crippen LogP contribution in [0.1, 0.15) is 52.4 Å². The fourth-order valence-electron chi connectivity index (χ4n) is 6.70. The van der Waals surface area contributed by atoms with Gasteiger partial charge in [-0.15, -0.1) is 0 Å². The van der Waals surface area contributed by atoms with Gasteiger partial charge < -0.3 is 23.8 Å². The molecule has 1 aliphatic carbocycles. The Morgan fingerprint density at radius 1 is 1.23 bits per heavy atom. The number of carbonyl (C=O) groups is 1.